The predicted molar refractivity (Wildman–Crippen MR) is 261 cm³/mol. The van der Waals surface area contributed by atoms with E-state index < -0.39 is 32.5 Å². The first-order valence-corrected chi connectivity index (χ1v) is 27.2. The molecule has 0 aromatic rings. The number of esters is 2. The number of quaternary nitrogens is 1. The molecule has 364 valence electrons. The van der Waals surface area contributed by atoms with Gasteiger partial charge in [-0.25, -0.2) is 4.57 Å². The Hall–Kier alpha value is -1.77. The van der Waals surface area contributed by atoms with Crippen LogP contribution in [0.2, 0.25) is 0 Å². The van der Waals surface area contributed by atoms with Crippen LogP contribution in [0.15, 0.2) is 36.5 Å². The molecule has 1 unspecified atom stereocenters. The van der Waals surface area contributed by atoms with E-state index in [1.54, 1.807) is 0 Å². The SMILES string of the molecule is CCCCCCCC/C=C/CCCCCCCCCCCCCC(=O)O[C@H](COC(=O)CCC/C=C/C/C=C/CCCCCCCCCCC)COP(=O)(O)OCC[N+](C)(C)C. The summed E-state index contributed by atoms with van der Waals surface area (Å²) in [6.45, 7) is 4.40. The van der Waals surface area contributed by atoms with Gasteiger partial charge in [0.1, 0.15) is 19.8 Å². The molecule has 0 aliphatic rings. The fourth-order valence-electron chi connectivity index (χ4n) is 7.11. The highest BCUT2D eigenvalue weighted by molar-refractivity contribution is 7.47. The highest BCUT2D eigenvalue weighted by Crippen LogP contribution is 2.43. The summed E-state index contributed by atoms with van der Waals surface area (Å²) in [5, 5.41) is 0. The highest BCUT2D eigenvalue weighted by atomic mass is 31.2. The van der Waals surface area contributed by atoms with Crippen molar-refractivity contribution in [1.29, 1.82) is 0 Å². The predicted octanol–water partition coefficient (Wildman–Crippen LogP) is 15.3. The first-order chi connectivity index (χ1) is 30.0. The number of allylic oxidation sites excluding steroid dienone is 6. The molecule has 0 bridgehead atoms. The number of rotatable bonds is 47. The number of unbranched alkanes of at least 4 members (excludes halogenated alkanes) is 27. The van der Waals surface area contributed by atoms with E-state index in [0.29, 0.717) is 23.9 Å². The first kappa shape index (κ1) is 60.2. The zero-order valence-corrected chi connectivity index (χ0v) is 42.0. The van der Waals surface area contributed by atoms with Crippen molar-refractivity contribution in [3.05, 3.63) is 36.5 Å². The molecule has 9 nitrogen and oxygen atoms in total. The number of nitrogens with zero attached hydrogens (tertiary/aromatic N) is 1. The quantitative estimate of drug-likeness (QED) is 0.0212. The molecule has 0 aromatic carbocycles. The van der Waals surface area contributed by atoms with Gasteiger partial charge in [0, 0.05) is 12.8 Å². The summed E-state index contributed by atoms with van der Waals surface area (Å²) < 4.78 is 34.4. The molecule has 2 atom stereocenters. The molecule has 10 heteroatoms. The van der Waals surface area contributed by atoms with Crippen LogP contribution in [0.5, 0.6) is 0 Å². The number of ether oxygens (including phenoxy) is 2. The maximum atomic E-state index is 12.8. The summed E-state index contributed by atoms with van der Waals surface area (Å²) in [5.41, 5.74) is 0. The van der Waals surface area contributed by atoms with E-state index in [-0.39, 0.29) is 26.1 Å². The lowest BCUT2D eigenvalue weighted by Crippen LogP contribution is -2.37. The van der Waals surface area contributed by atoms with Gasteiger partial charge >= 0.3 is 19.8 Å². The Bertz CT molecular complexity index is 1150. The molecule has 0 aliphatic heterocycles. The van der Waals surface area contributed by atoms with Gasteiger partial charge in [0.2, 0.25) is 0 Å². The smallest absolute Gasteiger partial charge is 0.462 e. The molecule has 0 aliphatic carbocycles. The first-order valence-electron chi connectivity index (χ1n) is 25.7. The number of phosphoric acid groups is 1. The molecule has 0 saturated heterocycles. The van der Waals surface area contributed by atoms with E-state index in [0.717, 1.165) is 38.5 Å². The third-order valence-electron chi connectivity index (χ3n) is 11.1. The van der Waals surface area contributed by atoms with Crippen LogP contribution in [-0.2, 0) is 32.7 Å². The number of hydrogen-bond acceptors (Lipinski definition) is 7. The topological polar surface area (TPSA) is 108 Å². The van der Waals surface area contributed by atoms with Crippen LogP contribution < -0.4 is 0 Å². The Morgan fingerprint density at radius 1 is 0.500 bits per heavy atom. The van der Waals surface area contributed by atoms with E-state index in [4.69, 9.17) is 18.5 Å². The van der Waals surface area contributed by atoms with Gasteiger partial charge in [0.05, 0.1) is 27.7 Å². The second-order valence-corrected chi connectivity index (χ2v) is 20.0. The van der Waals surface area contributed by atoms with Gasteiger partial charge in [-0.3, -0.25) is 18.6 Å². The lowest BCUT2D eigenvalue weighted by atomic mass is 10.0. The maximum Gasteiger partial charge on any atom is 0.472 e. The van der Waals surface area contributed by atoms with Gasteiger partial charge in [-0.15, -0.1) is 0 Å². The fraction of sp³-hybridized carbons (Fsp3) is 0.846. The van der Waals surface area contributed by atoms with E-state index in [1.165, 1.54) is 154 Å². The van der Waals surface area contributed by atoms with Crippen LogP contribution in [0, 0.1) is 0 Å². The van der Waals surface area contributed by atoms with E-state index >= 15 is 0 Å². The van der Waals surface area contributed by atoms with Crippen LogP contribution in [0.3, 0.4) is 0 Å². The Balaban J connectivity index is 4.29. The number of carbonyl (C=O) groups excluding carboxylic acids is 2. The van der Waals surface area contributed by atoms with Crippen molar-refractivity contribution in [3.63, 3.8) is 0 Å². The highest BCUT2D eigenvalue weighted by Gasteiger charge is 2.27. The van der Waals surface area contributed by atoms with Crippen LogP contribution >= 0.6 is 7.82 Å². The monoisotopic (exact) mass is 897 g/mol. The van der Waals surface area contributed by atoms with Gasteiger partial charge in [-0.2, -0.15) is 0 Å². The lowest BCUT2D eigenvalue weighted by molar-refractivity contribution is -0.870. The Labute approximate surface area is 382 Å². The van der Waals surface area contributed by atoms with Crippen molar-refractivity contribution in [2.45, 2.75) is 238 Å². The van der Waals surface area contributed by atoms with Crippen molar-refractivity contribution in [2.24, 2.45) is 0 Å². The third-order valence-corrected chi connectivity index (χ3v) is 12.1. The molecule has 0 radical (unpaired) electrons. The molecule has 1 N–H and O–H groups in total. The Morgan fingerprint density at radius 2 is 0.887 bits per heavy atom. The van der Waals surface area contributed by atoms with E-state index in [1.807, 2.05) is 21.1 Å². The Kier molecular flexibility index (Phi) is 43.2. The molecule has 0 aromatic heterocycles. The summed E-state index contributed by atoms with van der Waals surface area (Å²) in [6.07, 6.45) is 52.1. The lowest BCUT2D eigenvalue weighted by Gasteiger charge is -2.24. The summed E-state index contributed by atoms with van der Waals surface area (Å²) in [7, 11) is 1.46. The van der Waals surface area contributed by atoms with E-state index in [9.17, 15) is 19.0 Å². The molecule has 0 spiro atoms. The zero-order chi connectivity index (χ0) is 45.7. The standard InChI is InChI=1S/C52H98NO8P/c1-6-8-10-12-14-16-18-20-22-24-25-26-27-29-31-33-35-37-39-41-43-45-52(55)61-50(49-60-62(56,57)59-47-46-53(3,4)5)48-58-51(54)44-42-40-38-36-34-32-30-28-23-21-19-17-15-13-11-9-7-2/h20,22,30,32,36,38,50H,6-19,21,23-29,31,33-35,37,39-49H2,1-5H3/p+1/b22-20+,32-30+,38-36+/t50-/m1/s1. The van der Waals surface area contributed by atoms with Crippen molar-refractivity contribution in [1.82, 2.24) is 0 Å². The number of carbonyl (C=O) groups is 2. The van der Waals surface area contributed by atoms with Crippen molar-refractivity contribution in [3.8, 4) is 0 Å². The number of likely N-dealkylation sites (N-methyl/N-ethyl adjacent to an activating group) is 1. The average molecular weight is 897 g/mol. The molecule has 0 fully saturated rings. The fourth-order valence-corrected chi connectivity index (χ4v) is 7.85. The molecule has 0 amide bonds. The average Bonchev–Trinajstić information content (AvgIpc) is 3.23. The molecular formula is C52H99NO8P+. The summed E-state index contributed by atoms with van der Waals surface area (Å²) in [5.74, 6) is -0.845. The number of hydrogen-bond donors (Lipinski definition) is 1. The van der Waals surface area contributed by atoms with Crippen molar-refractivity contribution >= 4 is 19.8 Å². The van der Waals surface area contributed by atoms with Crippen molar-refractivity contribution in [2.75, 3.05) is 47.5 Å². The van der Waals surface area contributed by atoms with Crippen LogP contribution in [0.25, 0.3) is 0 Å². The van der Waals surface area contributed by atoms with E-state index in [2.05, 4.69) is 50.3 Å². The summed E-state index contributed by atoms with van der Waals surface area (Å²) >= 11 is 0. The minimum absolute atomic E-state index is 0.0261. The molecular weight excluding hydrogens is 798 g/mol. The van der Waals surface area contributed by atoms with Crippen LogP contribution in [0.1, 0.15) is 232 Å². The van der Waals surface area contributed by atoms with Gasteiger partial charge < -0.3 is 18.9 Å². The Morgan fingerprint density at radius 3 is 1.34 bits per heavy atom. The zero-order valence-electron chi connectivity index (χ0n) is 41.1. The minimum Gasteiger partial charge on any atom is -0.462 e. The number of phosphoric ester groups is 1. The second kappa shape index (κ2) is 44.4. The molecule has 62 heavy (non-hydrogen) atoms. The van der Waals surface area contributed by atoms with Gasteiger partial charge in [-0.05, 0) is 64.2 Å². The van der Waals surface area contributed by atoms with Crippen LogP contribution in [-0.4, -0.2) is 74.9 Å². The minimum atomic E-state index is -4.39. The van der Waals surface area contributed by atoms with Gasteiger partial charge in [0.15, 0.2) is 6.10 Å². The third kappa shape index (κ3) is 47.7. The van der Waals surface area contributed by atoms with Gasteiger partial charge in [-0.1, -0.05) is 192 Å². The summed E-state index contributed by atoms with van der Waals surface area (Å²) in [4.78, 5) is 35.5. The van der Waals surface area contributed by atoms with Crippen molar-refractivity contribution < 1.29 is 42.1 Å². The molecule has 0 saturated carbocycles. The summed E-state index contributed by atoms with van der Waals surface area (Å²) in [6, 6.07) is 0. The molecule has 0 rings (SSSR count). The molecule has 0 heterocycles. The largest absolute Gasteiger partial charge is 0.472 e. The normalized spacial score (nSPS) is 13.7. The van der Waals surface area contributed by atoms with Crippen LogP contribution in [0.4, 0.5) is 0 Å². The second-order valence-electron chi connectivity index (χ2n) is 18.5. The maximum absolute atomic E-state index is 12.8. The van der Waals surface area contributed by atoms with Gasteiger partial charge in [0.25, 0.3) is 0 Å².